The molecule has 0 aliphatic heterocycles. The van der Waals surface area contributed by atoms with Crippen LogP contribution in [-0.4, -0.2) is 29.8 Å². The predicted octanol–water partition coefficient (Wildman–Crippen LogP) is 3.20. The summed E-state index contributed by atoms with van der Waals surface area (Å²) in [6.45, 7) is 5.03. The minimum absolute atomic E-state index is 0.126. The first-order valence-corrected chi connectivity index (χ1v) is 9.00. The Morgan fingerprint density at radius 1 is 0.862 bits per heavy atom. The van der Waals surface area contributed by atoms with Crippen LogP contribution in [-0.2, 0) is 9.53 Å². The molecule has 0 heterocycles. The highest BCUT2D eigenvalue weighted by atomic mass is 16.5. The Morgan fingerprint density at radius 2 is 1.52 bits per heavy atom. The maximum absolute atomic E-state index is 12.5. The summed E-state index contributed by atoms with van der Waals surface area (Å²) in [5.74, 6) is -1.38. The summed E-state index contributed by atoms with van der Waals surface area (Å²) in [6.07, 6.45) is -1.02. The highest BCUT2D eigenvalue weighted by Crippen LogP contribution is 2.16. The number of benzene rings is 2. The van der Waals surface area contributed by atoms with Gasteiger partial charge in [-0.1, -0.05) is 19.9 Å². The Morgan fingerprint density at radius 3 is 2.10 bits per heavy atom. The third-order valence-electron chi connectivity index (χ3n) is 3.98. The average molecular weight is 397 g/mol. The van der Waals surface area contributed by atoms with Crippen LogP contribution in [0.5, 0.6) is 0 Å². The van der Waals surface area contributed by atoms with Gasteiger partial charge in [-0.25, -0.2) is 9.59 Å². The van der Waals surface area contributed by atoms with E-state index in [1.165, 1.54) is 19.1 Å². The van der Waals surface area contributed by atoms with Crippen LogP contribution < -0.4 is 16.4 Å². The monoisotopic (exact) mass is 397 g/mol. The SMILES string of the molecule is CC(C)C(=O)Nc1ccc(C(=O)[C@H](C)OC(=O)c2cccc(NC(N)=O)c2)cc1. The van der Waals surface area contributed by atoms with E-state index < -0.39 is 18.1 Å². The highest BCUT2D eigenvalue weighted by Gasteiger charge is 2.21. The Balaban J connectivity index is 2.02. The first kappa shape index (κ1) is 21.6. The van der Waals surface area contributed by atoms with Gasteiger partial charge >= 0.3 is 12.0 Å². The summed E-state index contributed by atoms with van der Waals surface area (Å²) >= 11 is 0. The highest BCUT2D eigenvalue weighted by molar-refractivity contribution is 6.02. The van der Waals surface area contributed by atoms with Gasteiger partial charge in [0, 0.05) is 22.9 Å². The number of carbonyl (C=O) groups excluding carboxylic acids is 4. The lowest BCUT2D eigenvalue weighted by Crippen LogP contribution is -2.25. The summed E-state index contributed by atoms with van der Waals surface area (Å²) < 4.78 is 5.24. The second-order valence-electron chi connectivity index (χ2n) is 6.70. The van der Waals surface area contributed by atoms with E-state index in [9.17, 15) is 19.2 Å². The fourth-order valence-corrected chi connectivity index (χ4v) is 2.39. The van der Waals surface area contributed by atoms with Gasteiger partial charge < -0.3 is 21.1 Å². The van der Waals surface area contributed by atoms with E-state index in [0.29, 0.717) is 16.9 Å². The van der Waals surface area contributed by atoms with E-state index in [-0.39, 0.29) is 23.2 Å². The molecule has 0 aliphatic carbocycles. The molecule has 0 aromatic heterocycles. The number of primary amides is 1. The molecule has 1 atom stereocenters. The molecule has 2 aromatic carbocycles. The molecule has 2 rings (SSSR count). The van der Waals surface area contributed by atoms with Crippen LogP contribution in [0.3, 0.4) is 0 Å². The normalized spacial score (nSPS) is 11.4. The first-order valence-electron chi connectivity index (χ1n) is 9.00. The van der Waals surface area contributed by atoms with Crippen LogP contribution in [0.2, 0.25) is 0 Å². The van der Waals surface area contributed by atoms with E-state index in [4.69, 9.17) is 10.5 Å². The number of Topliss-reactive ketones (excluding diaryl/α,β-unsaturated/α-hetero) is 1. The van der Waals surface area contributed by atoms with Gasteiger partial charge in [0.2, 0.25) is 11.7 Å². The van der Waals surface area contributed by atoms with Crippen molar-refractivity contribution < 1.29 is 23.9 Å². The third-order valence-corrected chi connectivity index (χ3v) is 3.98. The summed E-state index contributed by atoms with van der Waals surface area (Å²) in [4.78, 5) is 47.5. The maximum Gasteiger partial charge on any atom is 0.338 e. The average Bonchev–Trinajstić information content (AvgIpc) is 2.67. The number of ketones is 1. The van der Waals surface area contributed by atoms with E-state index >= 15 is 0 Å². The van der Waals surface area contributed by atoms with Crippen molar-refractivity contribution in [3.63, 3.8) is 0 Å². The van der Waals surface area contributed by atoms with Crippen molar-refractivity contribution in [2.24, 2.45) is 11.7 Å². The summed E-state index contributed by atoms with van der Waals surface area (Å²) in [5, 5.41) is 5.10. The van der Waals surface area contributed by atoms with Gasteiger partial charge in [0.15, 0.2) is 6.10 Å². The van der Waals surface area contributed by atoms with Crippen LogP contribution in [0.25, 0.3) is 0 Å². The van der Waals surface area contributed by atoms with Crippen molar-refractivity contribution in [3.05, 3.63) is 59.7 Å². The van der Waals surface area contributed by atoms with Gasteiger partial charge in [0.25, 0.3) is 0 Å². The van der Waals surface area contributed by atoms with Gasteiger partial charge in [0.05, 0.1) is 5.56 Å². The number of urea groups is 1. The first-order chi connectivity index (χ1) is 13.7. The number of ether oxygens (including phenoxy) is 1. The van der Waals surface area contributed by atoms with E-state index in [1.54, 1.807) is 50.2 Å². The zero-order chi connectivity index (χ0) is 21.6. The van der Waals surface area contributed by atoms with Crippen molar-refractivity contribution in [3.8, 4) is 0 Å². The number of hydrogen-bond acceptors (Lipinski definition) is 5. The standard InChI is InChI=1S/C21H23N3O5/c1-12(2)19(26)23-16-9-7-14(8-10-16)18(25)13(3)29-20(27)15-5-4-6-17(11-15)24-21(22)28/h4-13H,1-3H3,(H,23,26)(H3,22,24,28)/t13-/m0/s1. The van der Waals surface area contributed by atoms with Gasteiger partial charge in [-0.2, -0.15) is 0 Å². The van der Waals surface area contributed by atoms with Crippen molar-refractivity contribution in [1.29, 1.82) is 0 Å². The minimum atomic E-state index is -1.02. The number of carbonyl (C=O) groups is 4. The fraction of sp³-hybridized carbons (Fsp3) is 0.238. The molecule has 4 N–H and O–H groups in total. The molecule has 152 valence electrons. The van der Waals surface area contributed by atoms with E-state index in [1.807, 2.05) is 0 Å². The number of nitrogens with one attached hydrogen (secondary N) is 2. The second-order valence-corrected chi connectivity index (χ2v) is 6.70. The van der Waals surface area contributed by atoms with Crippen molar-refractivity contribution in [2.45, 2.75) is 26.9 Å². The molecule has 8 heteroatoms. The molecule has 0 saturated heterocycles. The lowest BCUT2D eigenvalue weighted by molar-refractivity contribution is -0.118. The number of nitrogens with two attached hydrogens (primary N) is 1. The molecule has 8 nitrogen and oxygen atoms in total. The van der Waals surface area contributed by atoms with E-state index in [0.717, 1.165) is 0 Å². The molecule has 29 heavy (non-hydrogen) atoms. The third kappa shape index (κ3) is 6.17. The molecular weight excluding hydrogens is 374 g/mol. The fourth-order valence-electron chi connectivity index (χ4n) is 2.39. The van der Waals surface area contributed by atoms with E-state index in [2.05, 4.69) is 10.6 Å². The van der Waals surface area contributed by atoms with Crippen LogP contribution >= 0.6 is 0 Å². The largest absolute Gasteiger partial charge is 0.451 e. The van der Waals surface area contributed by atoms with Crippen LogP contribution in [0.15, 0.2) is 48.5 Å². The molecule has 0 bridgehead atoms. The van der Waals surface area contributed by atoms with Crippen LogP contribution in [0.1, 0.15) is 41.5 Å². The molecule has 0 saturated carbocycles. The number of amides is 3. The zero-order valence-corrected chi connectivity index (χ0v) is 16.4. The minimum Gasteiger partial charge on any atom is -0.451 e. The summed E-state index contributed by atoms with van der Waals surface area (Å²) in [7, 11) is 0. The Kier molecular flexibility index (Phi) is 7.08. The number of hydrogen-bond donors (Lipinski definition) is 3. The topological polar surface area (TPSA) is 128 Å². The Hall–Kier alpha value is -3.68. The molecule has 0 unspecified atom stereocenters. The van der Waals surface area contributed by atoms with Crippen LogP contribution in [0.4, 0.5) is 16.2 Å². The molecule has 0 fully saturated rings. The Labute approximate surface area is 168 Å². The molecule has 0 spiro atoms. The lowest BCUT2D eigenvalue weighted by Gasteiger charge is -2.13. The number of anilines is 2. The van der Waals surface area contributed by atoms with Crippen LogP contribution in [0, 0.1) is 5.92 Å². The van der Waals surface area contributed by atoms with Gasteiger partial charge in [-0.3, -0.25) is 9.59 Å². The predicted molar refractivity (Wildman–Crippen MR) is 109 cm³/mol. The molecule has 0 radical (unpaired) electrons. The quantitative estimate of drug-likeness (QED) is 0.488. The van der Waals surface area contributed by atoms with Gasteiger partial charge in [-0.05, 0) is 49.4 Å². The summed E-state index contributed by atoms with van der Waals surface area (Å²) in [6, 6.07) is 11.6. The lowest BCUT2D eigenvalue weighted by atomic mass is 10.1. The second kappa shape index (κ2) is 9.50. The van der Waals surface area contributed by atoms with Crippen molar-refractivity contribution in [1.82, 2.24) is 0 Å². The Bertz CT molecular complexity index is 922. The van der Waals surface area contributed by atoms with Gasteiger partial charge in [-0.15, -0.1) is 0 Å². The van der Waals surface area contributed by atoms with Gasteiger partial charge in [0.1, 0.15) is 0 Å². The zero-order valence-electron chi connectivity index (χ0n) is 16.4. The smallest absolute Gasteiger partial charge is 0.338 e. The molecule has 3 amide bonds. The molecule has 0 aliphatic rings. The number of esters is 1. The van der Waals surface area contributed by atoms with Crippen molar-refractivity contribution in [2.75, 3.05) is 10.6 Å². The number of rotatable bonds is 7. The molecular formula is C21H23N3O5. The van der Waals surface area contributed by atoms with Crippen molar-refractivity contribution >= 4 is 35.1 Å². The summed E-state index contributed by atoms with van der Waals surface area (Å²) in [5.41, 5.74) is 6.48. The maximum atomic E-state index is 12.5. The molecule has 2 aromatic rings.